The smallest absolute Gasteiger partial charge is 0.327 e. The fourth-order valence-electron chi connectivity index (χ4n) is 2.87. The maximum absolute atomic E-state index is 12.3. The highest BCUT2D eigenvalue weighted by Gasteiger charge is 2.47. The predicted octanol–water partition coefficient (Wildman–Crippen LogP) is 2.28. The Morgan fingerprint density at radius 3 is 2.90 bits per heavy atom. The number of imide groups is 1. The van der Waals surface area contributed by atoms with E-state index >= 15 is 0 Å². The summed E-state index contributed by atoms with van der Waals surface area (Å²) in [5.74, 6) is 0.511. The van der Waals surface area contributed by atoms with Gasteiger partial charge >= 0.3 is 6.03 Å². The van der Waals surface area contributed by atoms with Gasteiger partial charge in [-0.05, 0) is 31.0 Å². The van der Waals surface area contributed by atoms with Crippen LogP contribution in [-0.4, -0.2) is 41.4 Å². The first-order valence-corrected chi connectivity index (χ1v) is 6.94. The van der Waals surface area contributed by atoms with Gasteiger partial charge in [-0.25, -0.2) is 4.79 Å². The zero-order chi connectivity index (χ0) is 14.3. The molecular weight excluding hydrogens is 280 g/mol. The molecule has 2 aliphatic heterocycles. The third-order valence-corrected chi connectivity index (χ3v) is 4.09. The fourth-order valence-corrected chi connectivity index (χ4v) is 3.06. The zero-order valence-electron chi connectivity index (χ0n) is 11.1. The molecule has 2 heterocycles. The lowest BCUT2D eigenvalue weighted by molar-refractivity contribution is -0.128. The van der Waals surface area contributed by atoms with E-state index in [0.717, 1.165) is 18.4 Å². The molecule has 2 fully saturated rings. The van der Waals surface area contributed by atoms with Crippen molar-refractivity contribution in [1.82, 2.24) is 9.80 Å². The van der Waals surface area contributed by atoms with Crippen LogP contribution in [0.15, 0.2) is 18.2 Å². The molecule has 2 aliphatic rings. The topological polar surface area (TPSA) is 49.9 Å². The maximum atomic E-state index is 12.3. The third kappa shape index (κ3) is 2.02. The summed E-state index contributed by atoms with van der Waals surface area (Å²) < 4.78 is 5.25. The van der Waals surface area contributed by atoms with Gasteiger partial charge in [-0.2, -0.15) is 0 Å². The molecule has 0 spiro atoms. The highest BCUT2D eigenvalue weighted by Crippen LogP contribution is 2.31. The summed E-state index contributed by atoms with van der Waals surface area (Å²) in [6.45, 7) is 0.868. The number of carbonyl (C=O) groups excluding carboxylic acids is 2. The summed E-state index contributed by atoms with van der Waals surface area (Å²) in [6, 6.07) is 4.71. The van der Waals surface area contributed by atoms with E-state index in [1.54, 1.807) is 30.2 Å². The van der Waals surface area contributed by atoms with E-state index in [1.165, 1.54) is 4.90 Å². The van der Waals surface area contributed by atoms with E-state index in [1.807, 2.05) is 0 Å². The molecule has 106 valence electrons. The number of halogens is 1. The van der Waals surface area contributed by atoms with Crippen molar-refractivity contribution in [3.05, 3.63) is 28.8 Å². The first-order chi connectivity index (χ1) is 9.61. The Morgan fingerprint density at radius 2 is 2.20 bits per heavy atom. The number of urea groups is 1. The van der Waals surface area contributed by atoms with E-state index in [2.05, 4.69) is 0 Å². The number of ether oxygens (including phenoxy) is 1. The van der Waals surface area contributed by atoms with Gasteiger partial charge in [0.2, 0.25) is 0 Å². The number of fused-ring (bicyclic) bond motifs is 1. The van der Waals surface area contributed by atoms with Crippen LogP contribution in [-0.2, 0) is 11.3 Å². The van der Waals surface area contributed by atoms with Gasteiger partial charge in [-0.15, -0.1) is 0 Å². The highest BCUT2D eigenvalue weighted by atomic mass is 35.5. The number of nitrogens with zero attached hydrogens (tertiary/aromatic N) is 2. The molecule has 2 saturated heterocycles. The Hall–Kier alpha value is -1.75. The van der Waals surface area contributed by atoms with Gasteiger partial charge in [0, 0.05) is 17.1 Å². The molecule has 1 aromatic rings. The van der Waals surface area contributed by atoms with Crippen LogP contribution in [0.3, 0.4) is 0 Å². The Bertz CT molecular complexity index is 554. The van der Waals surface area contributed by atoms with Gasteiger partial charge in [0.25, 0.3) is 5.91 Å². The molecule has 20 heavy (non-hydrogen) atoms. The first kappa shape index (κ1) is 13.2. The van der Waals surface area contributed by atoms with Crippen molar-refractivity contribution in [3.63, 3.8) is 0 Å². The van der Waals surface area contributed by atoms with E-state index < -0.39 is 0 Å². The average molecular weight is 295 g/mol. The largest absolute Gasteiger partial charge is 0.496 e. The number of carbonyl (C=O) groups is 2. The van der Waals surface area contributed by atoms with Crippen LogP contribution in [0.5, 0.6) is 5.75 Å². The summed E-state index contributed by atoms with van der Waals surface area (Å²) in [7, 11) is 1.55. The van der Waals surface area contributed by atoms with Gasteiger partial charge in [-0.3, -0.25) is 9.69 Å². The molecule has 0 bridgehead atoms. The van der Waals surface area contributed by atoms with Crippen LogP contribution < -0.4 is 4.74 Å². The molecule has 3 rings (SSSR count). The van der Waals surface area contributed by atoms with Gasteiger partial charge in [0.15, 0.2) is 0 Å². The molecule has 0 saturated carbocycles. The van der Waals surface area contributed by atoms with Crippen molar-refractivity contribution in [1.29, 1.82) is 0 Å². The predicted molar refractivity (Wildman–Crippen MR) is 73.7 cm³/mol. The van der Waals surface area contributed by atoms with Crippen LogP contribution in [0.4, 0.5) is 4.79 Å². The normalized spacial score (nSPS) is 21.6. The van der Waals surface area contributed by atoms with Crippen molar-refractivity contribution in [2.45, 2.75) is 25.4 Å². The van der Waals surface area contributed by atoms with Crippen molar-refractivity contribution >= 4 is 23.5 Å². The van der Waals surface area contributed by atoms with Crippen LogP contribution in [0.1, 0.15) is 18.4 Å². The lowest BCUT2D eigenvalue weighted by Crippen LogP contribution is -2.32. The molecule has 3 amide bonds. The summed E-state index contributed by atoms with van der Waals surface area (Å²) in [5.41, 5.74) is 0.739. The molecule has 1 aromatic carbocycles. The number of amides is 3. The molecular formula is C14H15ClN2O3. The zero-order valence-corrected chi connectivity index (χ0v) is 11.9. The van der Waals surface area contributed by atoms with Crippen LogP contribution >= 0.6 is 11.6 Å². The molecule has 1 atom stereocenters. The van der Waals surface area contributed by atoms with Gasteiger partial charge < -0.3 is 9.64 Å². The second-order valence-corrected chi connectivity index (χ2v) is 5.45. The van der Waals surface area contributed by atoms with E-state index in [9.17, 15) is 9.59 Å². The first-order valence-electron chi connectivity index (χ1n) is 6.56. The Morgan fingerprint density at radius 1 is 1.40 bits per heavy atom. The van der Waals surface area contributed by atoms with Gasteiger partial charge in [-0.1, -0.05) is 11.6 Å². The molecule has 5 nitrogen and oxygen atoms in total. The Kier molecular flexibility index (Phi) is 3.30. The molecule has 0 aromatic heterocycles. The van der Waals surface area contributed by atoms with E-state index in [-0.39, 0.29) is 24.5 Å². The number of methoxy groups -OCH3 is 1. The number of hydrogen-bond acceptors (Lipinski definition) is 3. The quantitative estimate of drug-likeness (QED) is 0.804. The second kappa shape index (κ2) is 4.98. The number of hydrogen-bond donors (Lipinski definition) is 0. The lowest BCUT2D eigenvalue weighted by Gasteiger charge is -2.17. The lowest BCUT2D eigenvalue weighted by atomic mass is 10.1. The average Bonchev–Trinajstić information content (AvgIpc) is 2.99. The summed E-state index contributed by atoms with van der Waals surface area (Å²) >= 11 is 5.97. The molecule has 1 unspecified atom stereocenters. The minimum Gasteiger partial charge on any atom is -0.496 e. The minimum atomic E-state index is -0.271. The maximum Gasteiger partial charge on any atom is 0.327 e. The third-order valence-electron chi connectivity index (χ3n) is 3.85. The number of rotatable bonds is 3. The fraction of sp³-hybridized carbons (Fsp3) is 0.429. The van der Waals surface area contributed by atoms with Crippen molar-refractivity contribution in [2.24, 2.45) is 0 Å². The summed E-state index contributed by atoms with van der Waals surface area (Å²) in [6.07, 6.45) is 1.66. The summed E-state index contributed by atoms with van der Waals surface area (Å²) in [4.78, 5) is 27.5. The number of benzene rings is 1. The SMILES string of the molecule is COc1ccc(Cl)cc1CN1C(=O)C2CCCN2C1=O. The second-order valence-electron chi connectivity index (χ2n) is 5.01. The van der Waals surface area contributed by atoms with Crippen molar-refractivity contribution in [3.8, 4) is 5.75 Å². The Balaban J connectivity index is 1.86. The highest BCUT2D eigenvalue weighted by molar-refractivity contribution is 6.30. The molecule has 0 radical (unpaired) electrons. The standard InChI is InChI=1S/C14H15ClN2O3/c1-20-12-5-4-10(15)7-9(12)8-17-13(18)11-3-2-6-16(11)14(17)19/h4-5,7,11H,2-3,6,8H2,1H3. The molecule has 0 N–H and O–H groups in total. The molecule has 6 heteroatoms. The van der Waals surface area contributed by atoms with Crippen LogP contribution in [0.2, 0.25) is 5.02 Å². The van der Waals surface area contributed by atoms with Gasteiger partial charge in [0.1, 0.15) is 11.8 Å². The molecule has 0 aliphatic carbocycles. The van der Waals surface area contributed by atoms with Gasteiger partial charge in [0.05, 0.1) is 13.7 Å². The van der Waals surface area contributed by atoms with E-state index in [4.69, 9.17) is 16.3 Å². The minimum absolute atomic E-state index is 0.116. The van der Waals surface area contributed by atoms with Crippen LogP contribution in [0, 0.1) is 0 Å². The van der Waals surface area contributed by atoms with Crippen LogP contribution in [0.25, 0.3) is 0 Å². The summed E-state index contributed by atoms with van der Waals surface area (Å²) in [5, 5.41) is 0.556. The van der Waals surface area contributed by atoms with Crippen molar-refractivity contribution < 1.29 is 14.3 Å². The monoisotopic (exact) mass is 294 g/mol. The van der Waals surface area contributed by atoms with Crippen molar-refractivity contribution in [2.75, 3.05) is 13.7 Å². The Labute approximate surface area is 122 Å². The van der Waals surface area contributed by atoms with E-state index in [0.29, 0.717) is 17.3 Å².